The molecule has 2 aliphatic heterocycles. The molecule has 144 valence electrons. The second kappa shape index (κ2) is 8.85. The summed E-state index contributed by atoms with van der Waals surface area (Å²) in [6.45, 7) is 4.38. The molecule has 2 aliphatic rings. The van der Waals surface area contributed by atoms with Crippen molar-refractivity contribution in [1.29, 1.82) is 0 Å². The molecule has 3 rings (SSSR count). The summed E-state index contributed by atoms with van der Waals surface area (Å²) in [7, 11) is 0. The highest BCUT2D eigenvalue weighted by Crippen LogP contribution is 2.29. The van der Waals surface area contributed by atoms with Crippen LogP contribution >= 0.6 is 23.4 Å². The molecule has 2 unspecified atom stereocenters. The maximum absolute atomic E-state index is 12.6. The van der Waals surface area contributed by atoms with Gasteiger partial charge >= 0.3 is 0 Å². The van der Waals surface area contributed by atoms with Crippen molar-refractivity contribution in [3.05, 3.63) is 46.5 Å². The first kappa shape index (κ1) is 19.8. The number of rotatable bonds is 5. The van der Waals surface area contributed by atoms with Crippen molar-refractivity contribution in [3.8, 4) is 5.75 Å². The van der Waals surface area contributed by atoms with Crippen LogP contribution in [0.1, 0.15) is 25.8 Å². The molecular formula is C20H23ClN2O3S. The van der Waals surface area contributed by atoms with Crippen LogP contribution in [0.4, 0.5) is 0 Å². The molecule has 1 fully saturated rings. The van der Waals surface area contributed by atoms with E-state index >= 15 is 0 Å². The minimum absolute atomic E-state index is 0.0834. The van der Waals surface area contributed by atoms with Crippen molar-refractivity contribution >= 4 is 41.3 Å². The predicted molar refractivity (Wildman–Crippen MR) is 110 cm³/mol. The molecule has 27 heavy (non-hydrogen) atoms. The number of hydrogen-bond acceptors (Lipinski definition) is 4. The third-order valence-corrected chi connectivity index (χ3v) is 5.86. The van der Waals surface area contributed by atoms with Crippen LogP contribution in [-0.2, 0) is 9.59 Å². The zero-order valence-electron chi connectivity index (χ0n) is 15.4. The van der Waals surface area contributed by atoms with Gasteiger partial charge < -0.3 is 15.0 Å². The molecule has 2 amide bonds. The minimum Gasteiger partial charge on any atom is -0.488 e. The Morgan fingerprint density at radius 3 is 3.07 bits per heavy atom. The number of thioether (sulfide) groups is 1. The third-order valence-electron chi connectivity index (χ3n) is 4.62. The van der Waals surface area contributed by atoms with E-state index in [1.807, 2.05) is 32.1 Å². The topological polar surface area (TPSA) is 58.6 Å². The van der Waals surface area contributed by atoms with Gasteiger partial charge in [0.05, 0.1) is 5.88 Å². The van der Waals surface area contributed by atoms with Crippen LogP contribution in [0, 0.1) is 0 Å². The van der Waals surface area contributed by atoms with Gasteiger partial charge in [0.15, 0.2) is 0 Å². The second-order valence-electron chi connectivity index (χ2n) is 6.67. The summed E-state index contributed by atoms with van der Waals surface area (Å²) >= 11 is 7.62. The lowest BCUT2D eigenvalue weighted by Crippen LogP contribution is -2.48. The summed E-state index contributed by atoms with van der Waals surface area (Å²) in [6, 6.07) is 5.14. The number of amides is 2. The van der Waals surface area contributed by atoms with Gasteiger partial charge in [-0.3, -0.25) is 9.59 Å². The number of nitrogens with one attached hydrogen (secondary N) is 1. The number of nitrogens with zero attached hydrogens (tertiary/aromatic N) is 1. The maximum atomic E-state index is 12.6. The van der Waals surface area contributed by atoms with E-state index in [9.17, 15) is 9.59 Å². The zero-order chi connectivity index (χ0) is 19.4. The molecule has 0 spiro atoms. The molecule has 0 aromatic heterocycles. The third kappa shape index (κ3) is 4.87. The molecule has 7 heteroatoms. The van der Waals surface area contributed by atoms with E-state index in [1.54, 1.807) is 28.8 Å². The van der Waals surface area contributed by atoms with Crippen molar-refractivity contribution in [2.24, 2.45) is 0 Å². The number of hydrogen-bond donors (Lipinski definition) is 1. The molecule has 0 saturated carbocycles. The maximum Gasteiger partial charge on any atom is 0.247 e. The van der Waals surface area contributed by atoms with Gasteiger partial charge in [0.2, 0.25) is 11.8 Å². The van der Waals surface area contributed by atoms with E-state index in [2.05, 4.69) is 5.32 Å². The molecule has 0 radical (unpaired) electrons. The highest BCUT2D eigenvalue weighted by molar-refractivity contribution is 7.99. The molecular weight excluding hydrogens is 384 g/mol. The van der Waals surface area contributed by atoms with Gasteiger partial charge in [0.25, 0.3) is 0 Å². The second-order valence-corrected chi connectivity index (χ2v) is 8.10. The summed E-state index contributed by atoms with van der Waals surface area (Å²) in [5.41, 5.74) is 1.77. The van der Waals surface area contributed by atoms with Crippen LogP contribution in [-0.4, -0.2) is 47.0 Å². The molecule has 1 saturated heterocycles. The van der Waals surface area contributed by atoms with Crippen LogP contribution in [0.5, 0.6) is 5.75 Å². The van der Waals surface area contributed by atoms with Crippen LogP contribution in [0.25, 0.3) is 6.08 Å². The predicted octanol–water partition coefficient (Wildman–Crippen LogP) is 3.49. The Hall–Kier alpha value is -1.92. The highest BCUT2D eigenvalue weighted by Gasteiger charge is 2.34. The van der Waals surface area contributed by atoms with Gasteiger partial charge in [-0.25, -0.2) is 0 Å². The minimum atomic E-state index is -0.419. The van der Waals surface area contributed by atoms with Crippen LogP contribution < -0.4 is 10.1 Å². The van der Waals surface area contributed by atoms with E-state index in [0.29, 0.717) is 23.3 Å². The van der Waals surface area contributed by atoms with Crippen molar-refractivity contribution < 1.29 is 14.3 Å². The van der Waals surface area contributed by atoms with Gasteiger partial charge in [0, 0.05) is 28.5 Å². The first-order valence-corrected chi connectivity index (χ1v) is 10.5. The zero-order valence-corrected chi connectivity index (χ0v) is 17.0. The van der Waals surface area contributed by atoms with Crippen molar-refractivity contribution in [2.75, 3.05) is 18.2 Å². The number of carbonyl (C=O) groups excluding carboxylic acids is 2. The van der Waals surface area contributed by atoms with Crippen molar-refractivity contribution in [3.63, 3.8) is 0 Å². The van der Waals surface area contributed by atoms with Crippen LogP contribution in [0.3, 0.4) is 0 Å². The van der Waals surface area contributed by atoms with E-state index in [4.69, 9.17) is 16.3 Å². The quantitative estimate of drug-likeness (QED) is 0.760. The lowest BCUT2D eigenvalue weighted by Gasteiger charge is -2.23. The largest absolute Gasteiger partial charge is 0.488 e. The van der Waals surface area contributed by atoms with Crippen molar-refractivity contribution in [2.45, 2.75) is 32.4 Å². The smallest absolute Gasteiger partial charge is 0.247 e. The molecule has 0 aliphatic carbocycles. The first-order chi connectivity index (χ1) is 13.0. The molecule has 1 N–H and O–H groups in total. The van der Waals surface area contributed by atoms with E-state index in [1.165, 1.54) is 6.08 Å². The van der Waals surface area contributed by atoms with E-state index in [-0.39, 0.29) is 17.9 Å². The summed E-state index contributed by atoms with van der Waals surface area (Å²) in [4.78, 5) is 26.7. The fraction of sp³-hybridized carbons (Fsp3) is 0.400. The standard InChI is InChI=1S/C20H23ClN2O3S/c1-3-13(2)22-20(25)17-11-27-12-23(17)19(24)7-4-14-8-15-9-16(21)5-6-18(15)26-10-14/h4-9,13,17H,3,10-12H2,1-2H3,(H,22,25)/b7-4+. The van der Waals surface area contributed by atoms with Crippen molar-refractivity contribution in [1.82, 2.24) is 10.2 Å². The van der Waals surface area contributed by atoms with Gasteiger partial charge in [0.1, 0.15) is 18.4 Å². The van der Waals surface area contributed by atoms with Gasteiger partial charge in [-0.05, 0) is 43.2 Å². The SMILES string of the molecule is CCC(C)NC(=O)C1CSCN1C(=O)/C=C/C1=Cc2cc(Cl)ccc2OC1. The Morgan fingerprint density at radius 2 is 2.30 bits per heavy atom. The fourth-order valence-corrected chi connectivity index (χ4v) is 4.20. The van der Waals surface area contributed by atoms with E-state index < -0.39 is 6.04 Å². The number of benzene rings is 1. The Kier molecular flexibility index (Phi) is 6.50. The number of fused-ring (bicyclic) bond motifs is 1. The van der Waals surface area contributed by atoms with Gasteiger partial charge in [-0.15, -0.1) is 11.8 Å². The monoisotopic (exact) mass is 406 g/mol. The molecule has 0 bridgehead atoms. The first-order valence-electron chi connectivity index (χ1n) is 8.97. The number of ether oxygens (including phenoxy) is 1. The number of carbonyl (C=O) groups is 2. The van der Waals surface area contributed by atoms with E-state index in [0.717, 1.165) is 23.3 Å². The van der Waals surface area contributed by atoms with Gasteiger partial charge in [-0.1, -0.05) is 24.6 Å². The van der Waals surface area contributed by atoms with Crippen LogP contribution in [0.2, 0.25) is 5.02 Å². The van der Waals surface area contributed by atoms with Crippen LogP contribution in [0.15, 0.2) is 35.9 Å². The summed E-state index contributed by atoms with van der Waals surface area (Å²) in [6.07, 6.45) is 6.08. The number of halogens is 1. The Labute approximate surface area is 168 Å². The molecule has 2 heterocycles. The highest BCUT2D eigenvalue weighted by atomic mass is 35.5. The average Bonchev–Trinajstić information content (AvgIpc) is 3.15. The lowest BCUT2D eigenvalue weighted by atomic mass is 10.1. The Morgan fingerprint density at radius 1 is 1.48 bits per heavy atom. The summed E-state index contributed by atoms with van der Waals surface area (Å²) < 4.78 is 5.69. The average molecular weight is 407 g/mol. The summed E-state index contributed by atoms with van der Waals surface area (Å²) in [5, 5.41) is 3.60. The normalized spacial score (nSPS) is 20.0. The molecule has 2 atom stereocenters. The Balaban J connectivity index is 1.66. The molecule has 1 aromatic rings. The summed E-state index contributed by atoms with van der Waals surface area (Å²) in [5.74, 6) is 1.68. The lowest BCUT2D eigenvalue weighted by molar-refractivity contribution is -0.135. The molecule has 1 aromatic carbocycles. The molecule has 5 nitrogen and oxygen atoms in total. The Bertz CT molecular complexity index is 793. The fourth-order valence-electron chi connectivity index (χ4n) is 2.85. The van der Waals surface area contributed by atoms with Gasteiger partial charge in [-0.2, -0.15) is 0 Å².